The van der Waals surface area contributed by atoms with Gasteiger partial charge in [-0.1, -0.05) is 23.7 Å². The van der Waals surface area contributed by atoms with Gasteiger partial charge in [-0.2, -0.15) is 28.1 Å². The van der Waals surface area contributed by atoms with E-state index in [1.165, 1.54) is 22.9 Å². The van der Waals surface area contributed by atoms with Crippen LogP contribution in [0.5, 0.6) is 0 Å². The number of halogens is 4. The van der Waals surface area contributed by atoms with Crippen molar-refractivity contribution in [2.75, 3.05) is 17.2 Å². The van der Waals surface area contributed by atoms with Gasteiger partial charge in [0.2, 0.25) is 21.9 Å². The molecule has 0 aliphatic carbocycles. The van der Waals surface area contributed by atoms with Gasteiger partial charge < -0.3 is 10.6 Å². The third-order valence-corrected chi connectivity index (χ3v) is 5.47. The zero-order chi connectivity index (χ0) is 24.2. The number of alkyl halides is 3. The molecule has 0 radical (unpaired) electrons. The van der Waals surface area contributed by atoms with Crippen molar-refractivity contribution >= 4 is 39.2 Å². The van der Waals surface area contributed by atoms with E-state index in [1.807, 2.05) is 13.8 Å². The first kappa shape index (κ1) is 24.6. The summed E-state index contributed by atoms with van der Waals surface area (Å²) in [6.45, 7) is 2.09. The molecule has 3 aromatic rings. The highest BCUT2D eigenvalue weighted by atomic mass is 35.5. The van der Waals surface area contributed by atoms with E-state index >= 15 is 0 Å². The summed E-state index contributed by atoms with van der Waals surface area (Å²) in [7, 11) is -4.39. The Balaban J connectivity index is 1.92. The second-order valence-corrected chi connectivity index (χ2v) is 9.20. The Kier molecular flexibility index (Phi) is 7.34. The van der Waals surface area contributed by atoms with Crippen molar-refractivity contribution in [3.63, 3.8) is 0 Å². The maximum atomic E-state index is 12.4. The van der Waals surface area contributed by atoms with E-state index in [2.05, 4.69) is 30.6 Å². The quantitative estimate of drug-likeness (QED) is 0.396. The molecule has 0 saturated carbocycles. The molecule has 0 aliphatic rings. The number of anilines is 3. The number of rotatable bonds is 8. The van der Waals surface area contributed by atoms with Crippen LogP contribution in [0.2, 0.25) is 5.15 Å². The van der Waals surface area contributed by atoms with Gasteiger partial charge in [0.25, 0.3) is 0 Å². The molecule has 1 aromatic carbocycles. The van der Waals surface area contributed by atoms with E-state index in [1.54, 1.807) is 18.2 Å². The second-order valence-electron chi connectivity index (χ2n) is 7.04. The maximum absolute atomic E-state index is 12.4. The van der Waals surface area contributed by atoms with Gasteiger partial charge >= 0.3 is 6.18 Å². The van der Waals surface area contributed by atoms with Gasteiger partial charge in [-0.15, -0.1) is 0 Å². The molecule has 3 N–H and O–H groups in total. The minimum Gasteiger partial charge on any atom is -0.352 e. The fourth-order valence-electron chi connectivity index (χ4n) is 2.53. The zero-order valence-electron chi connectivity index (χ0n) is 17.4. The van der Waals surface area contributed by atoms with Gasteiger partial charge in [0.15, 0.2) is 5.82 Å². The molecule has 33 heavy (non-hydrogen) atoms. The molecule has 0 fully saturated rings. The normalized spacial score (nSPS) is 12.1. The summed E-state index contributed by atoms with van der Waals surface area (Å²) in [5.74, 6) is 0.492. The minimum absolute atomic E-state index is 0.00593. The van der Waals surface area contributed by atoms with Crippen LogP contribution in [0, 0.1) is 0 Å². The highest BCUT2D eigenvalue weighted by Crippen LogP contribution is 2.23. The number of aromatic nitrogens is 4. The largest absolute Gasteiger partial charge is 0.402 e. The van der Waals surface area contributed by atoms with Crippen LogP contribution < -0.4 is 15.4 Å². The molecule has 0 spiro atoms. The predicted octanol–water partition coefficient (Wildman–Crippen LogP) is 3.99. The van der Waals surface area contributed by atoms with E-state index in [4.69, 9.17) is 11.6 Å². The number of pyridine rings is 1. The number of hydrogen-bond acceptors (Lipinski definition) is 8. The van der Waals surface area contributed by atoms with Gasteiger partial charge in [-0.3, -0.25) is 0 Å². The molecule has 176 valence electrons. The molecule has 14 heteroatoms. The van der Waals surface area contributed by atoms with Crippen molar-refractivity contribution in [1.82, 2.24) is 24.7 Å². The topological polar surface area (TPSA) is 122 Å². The standard InChI is InChI=1S/C19H19ClF3N7O2S/c1-11(2)25-17-28-16(14-7-4-8-15(20)27-14)29-18(30-17)26-12-5-3-6-13(9-12)33(31,32)24-10-19(21,22)23/h3-9,11,24H,10H2,1-2H3,(H2,25,26,28,29,30). The van der Waals surface area contributed by atoms with E-state index in [0.29, 0.717) is 5.69 Å². The molecule has 9 nitrogen and oxygen atoms in total. The van der Waals surface area contributed by atoms with Crippen LogP contribution in [0.1, 0.15) is 13.8 Å². The fourth-order valence-corrected chi connectivity index (χ4v) is 3.76. The molecule has 0 unspecified atom stereocenters. The highest BCUT2D eigenvalue weighted by Gasteiger charge is 2.30. The summed E-state index contributed by atoms with van der Waals surface area (Å²) in [4.78, 5) is 16.7. The molecule has 3 rings (SSSR count). The van der Waals surface area contributed by atoms with Crippen molar-refractivity contribution in [2.24, 2.45) is 0 Å². The third kappa shape index (κ3) is 7.23. The Bertz CT molecular complexity index is 1240. The molecule has 0 bridgehead atoms. The smallest absolute Gasteiger partial charge is 0.352 e. The fraction of sp³-hybridized carbons (Fsp3) is 0.263. The van der Waals surface area contributed by atoms with Gasteiger partial charge in [0.1, 0.15) is 17.4 Å². The lowest BCUT2D eigenvalue weighted by molar-refractivity contribution is -0.121. The van der Waals surface area contributed by atoms with Crippen molar-refractivity contribution in [3.8, 4) is 11.5 Å². The maximum Gasteiger partial charge on any atom is 0.402 e. The van der Waals surface area contributed by atoms with Crippen LogP contribution >= 0.6 is 11.6 Å². The number of nitrogens with zero attached hydrogens (tertiary/aromatic N) is 4. The first-order valence-electron chi connectivity index (χ1n) is 9.50. The van der Waals surface area contributed by atoms with Crippen LogP contribution in [0.3, 0.4) is 0 Å². The van der Waals surface area contributed by atoms with Gasteiger partial charge in [-0.25, -0.2) is 18.1 Å². The van der Waals surface area contributed by atoms with E-state index in [-0.39, 0.29) is 39.5 Å². The summed E-state index contributed by atoms with van der Waals surface area (Å²) in [5.41, 5.74) is 0.615. The summed E-state index contributed by atoms with van der Waals surface area (Å²) >= 11 is 5.96. The van der Waals surface area contributed by atoms with E-state index in [9.17, 15) is 21.6 Å². The average Bonchev–Trinajstić information content (AvgIpc) is 2.71. The minimum atomic E-state index is -4.68. The number of sulfonamides is 1. The highest BCUT2D eigenvalue weighted by molar-refractivity contribution is 7.89. The molecule has 2 aromatic heterocycles. The Morgan fingerprint density at radius 3 is 2.36 bits per heavy atom. The van der Waals surface area contributed by atoms with Gasteiger partial charge in [-0.05, 0) is 44.2 Å². The molecule has 2 heterocycles. The van der Waals surface area contributed by atoms with Crippen LogP contribution in [-0.2, 0) is 10.0 Å². The number of benzene rings is 1. The average molecular weight is 502 g/mol. The van der Waals surface area contributed by atoms with Crippen LogP contribution in [0.25, 0.3) is 11.5 Å². The first-order chi connectivity index (χ1) is 15.4. The molecular formula is C19H19ClF3N7O2S. The van der Waals surface area contributed by atoms with Crippen molar-refractivity contribution in [3.05, 3.63) is 47.6 Å². The summed E-state index contributed by atoms with van der Waals surface area (Å²) < 4.78 is 63.2. The number of hydrogen-bond donors (Lipinski definition) is 3. The van der Waals surface area contributed by atoms with Crippen LogP contribution in [0.15, 0.2) is 47.4 Å². The Morgan fingerprint density at radius 1 is 1.00 bits per heavy atom. The molecule has 0 aliphatic heterocycles. The van der Waals surface area contributed by atoms with E-state index < -0.39 is 22.7 Å². The lowest BCUT2D eigenvalue weighted by Gasteiger charge is -2.13. The van der Waals surface area contributed by atoms with Crippen molar-refractivity contribution in [2.45, 2.75) is 31.0 Å². The molecule has 0 atom stereocenters. The first-order valence-corrected chi connectivity index (χ1v) is 11.4. The zero-order valence-corrected chi connectivity index (χ0v) is 18.9. The van der Waals surface area contributed by atoms with Crippen LogP contribution in [-0.4, -0.2) is 47.1 Å². The second kappa shape index (κ2) is 9.85. The Hall–Kier alpha value is -3.03. The predicted molar refractivity (Wildman–Crippen MR) is 118 cm³/mol. The van der Waals surface area contributed by atoms with Crippen LogP contribution in [0.4, 0.5) is 30.8 Å². The SMILES string of the molecule is CC(C)Nc1nc(Nc2cccc(S(=O)(=O)NCC(F)(F)F)c2)nc(-c2cccc(Cl)n2)n1. The van der Waals surface area contributed by atoms with Gasteiger partial charge in [0, 0.05) is 11.7 Å². The van der Waals surface area contributed by atoms with E-state index in [0.717, 1.165) is 6.07 Å². The van der Waals surface area contributed by atoms with Crippen molar-refractivity contribution < 1.29 is 21.6 Å². The lowest BCUT2D eigenvalue weighted by Crippen LogP contribution is -2.33. The number of nitrogens with one attached hydrogen (secondary N) is 3. The molecule has 0 saturated heterocycles. The summed E-state index contributed by atoms with van der Waals surface area (Å²) in [5, 5.41) is 6.14. The lowest BCUT2D eigenvalue weighted by atomic mass is 10.3. The Labute approximate surface area is 192 Å². The summed E-state index contributed by atoms with van der Waals surface area (Å²) in [6.07, 6.45) is -4.68. The van der Waals surface area contributed by atoms with Gasteiger partial charge in [0.05, 0.1) is 4.90 Å². The molecule has 0 amide bonds. The third-order valence-electron chi connectivity index (χ3n) is 3.86. The monoisotopic (exact) mass is 501 g/mol. The Morgan fingerprint density at radius 2 is 1.70 bits per heavy atom. The summed E-state index contributed by atoms with van der Waals surface area (Å²) in [6, 6.07) is 10.1. The molecular weight excluding hydrogens is 483 g/mol. The van der Waals surface area contributed by atoms with Crippen molar-refractivity contribution in [1.29, 1.82) is 0 Å².